The second kappa shape index (κ2) is 14.3. The van der Waals surface area contributed by atoms with E-state index in [9.17, 15) is 19.2 Å². The van der Waals surface area contributed by atoms with Crippen molar-refractivity contribution in [2.45, 2.75) is 55.4 Å². The molecule has 0 bridgehead atoms. The van der Waals surface area contributed by atoms with Crippen molar-refractivity contribution in [1.29, 1.82) is 0 Å². The summed E-state index contributed by atoms with van der Waals surface area (Å²) in [5, 5.41) is 0. The SMILES string of the molecule is CCOC(=O)c1c(C(=O)OCC)c(C)n(-c2ccc(-c3ccc(-n4c(C)c(C(=O)OCC)c(C(=O)OCC)c4C)cc3)cc2)c1C. The highest BCUT2D eigenvalue weighted by atomic mass is 16.5. The topological polar surface area (TPSA) is 115 Å². The van der Waals surface area contributed by atoms with Gasteiger partial charge >= 0.3 is 23.9 Å². The molecule has 0 atom stereocenters. The van der Waals surface area contributed by atoms with Crippen molar-refractivity contribution in [3.05, 3.63) is 93.6 Å². The lowest BCUT2D eigenvalue weighted by Crippen LogP contribution is -2.13. The fourth-order valence-electron chi connectivity index (χ4n) is 5.87. The average molecular weight is 629 g/mol. The van der Waals surface area contributed by atoms with Gasteiger partial charge < -0.3 is 28.1 Å². The summed E-state index contributed by atoms with van der Waals surface area (Å²) in [6, 6.07) is 15.5. The van der Waals surface area contributed by atoms with Gasteiger partial charge in [0.25, 0.3) is 0 Å². The van der Waals surface area contributed by atoms with Crippen LogP contribution in [0, 0.1) is 27.7 Å². The molecule has 2 heterocycles. The van der Waals surface area contributed by atoms with E-state index in [2.05, 4.69) is 0 Å². The molecule has 0 radical (unpaired) electrons. The van der Waals surface area contributed by atoms with E-state index < -0.39 is 23.9 Å². The van der Waals surface area contributed by atoms with E-state index in [0.29, 0.717) is 22.8 Å². The number of hydrogen-bond donors (Lipinski definition) is 0. The molecule has 4 rings (SSSR count). The molecule has 10 heteroatoms. The number of ether oxygens (including phenoxy) is 4. The van der Waals surface area contributed by atoms with E-state index in [1.54, 1.807) is 55.4 Å². The lowest BCUT2D eigenvalue weighted by atomic mass is 10.0. The van der Waals surface area contributed by atoms with Crippen LogP contribution >= 0.6 is 0 Å². The van der Waals surface area contributed by atoms with Gasteiger partial charge in [0.15, 0.2) is 0 Å². The maximum Gasteiger partial charge on any atom is 0.340 e. The molecule has 0 unspecified atom stereocenters. The second-order valence-electron chi connectivity index (χ2n) is 10.5. The number of nitrogens with zero attached hydrogens (tertiary/aromatic N) is 2. The average Bonchev–Trinajstić information content (AvgIpc) is 3.45. The molecule has 10 nitrogen and oxygen atoms in total. The summed E-state index contributed by atoms with van der Waals surface area (Å²) in [6.07, 6.45) is 0. The van der Waals surface area contributed by atoms with Crippen molar-refractivity contribution in [2.24, 2.45) is 0 Å². The zero-order valence-corrected chi connectivity index (χ0v) is 27.6. The largest absolute Gasteiger partial charge is 0.462 e. The van der Waals surface area contributed by atoms with Gasteiger partial charge in [0.05, 0.1) is 48.7 Å². The summed E-state index contributed by atoms with van der Waals surface area (Å²) in [5.74, 6) is -2.28. The molecular weight excluding hydrogens is 588 g/mol. The first-order chi connectivity index (χ1) is 22.0. The van der Waals surface area contributed by atoms with E-state index in [4.69, 9.17) is 18.9 Å². The second-order valence-corrected chi connectivity index (χ2v) is 10.5. The fourth-order valence-corrected chi connectivity index (χ4v) is 5.87. The number of carbonyl (C=O) groups is 4. The zero-order valence-electron chi connectivity index (χ0n) is 27.6. The Morgan fingerprint density at radius 2 is 0.652 bits per heavy atom. The van der Waals surface area contributed by atoms with Gasteiger partial charge in [-0.1, -0.05) is 24.3 Å². The predicted octanol–water partition coefficient (Wildman–Crippen LogP) is 6.88. The van der Waals surface area contributed by atoms with Crippen LogP contribution in [0.25, 0.3) is 22.5 Å². The van der Waals surface area contributed by atoms with Crippen molar-refractivity contribution < 1.29 is 38.1 Å². The van der Waals surface area contributed by atoms with Gasteiger partial charge in [-0.15, -0.1) is 0 Å². The lowest BCUT2D eigenvalue weighted by Gasteiger charge is -2.13. The van der Waals surface area contributed by atoms with Crippen molar-refractivity contribution in [1.82, 2.24) is 9.13 Å². The quantitative estimate of drug-likeness (QED) is 0.131. The molecule has 2 aromatic heterocycles. The molecule has 0 aliphatic rings. The molecule has 4 aromatic rings. The smallest absolute Gasteiger partial charge is 0.340 e. The van der Waals surface area contributed by atoms with Crippen LogP contribution in [0.3, 0.4) is 0 Å². The van der Waals surface area contributed by atoms with Gasteiger partial charge in [-0.05, 0) is 90.8 Å². The first-order valence-corrected chi connectivity index (χ1v) is 15.4. The molecule has 0 aliphatic heterocycles. The molecule has 46 heavy (non-hydrogen) atoms. The minimum absolute atomic E-state index is 0.181. The molecule has 2 aromatic carbocycles. The van der Waals surface area contributed by atoms with Crippen LogP contribution in [0.2, 0.25) is 0 Å². The number of aromatic nitrogens is 2. The molecule has 0 N–H and O–H groups in total. The third-order valence-electron chi connectivity index (χ3n) is 7.79. The van der Waals surface area contributed by atoms with Crippen LogP contribution in [0.4, 0.5) is 0 Å². The van der Waals surface area contributed by atoms with E-state index in [1.807, 2.05) is 57.7 Å². The van der Waals surface area contributed by atoms with Crippen LogP contribution in [-0.2, 0) is 18.9 Å². The fraction of sp³-hybridized carbons (Fsp3) is 0.333. The summed E-state index contributed by atoms with van der Waals surface area (Å²) in [4.78, 5) is 51.4. The summed E-state index contributed by atoms with van der Waals surface area (Å²) >= 11 is 0. The van der Waals surface area contributed by atoms with E-state index >= 15 is 0 Å². The molecule has 0 aliphatic carbocycles. The van der Waals surface area contributed by atoms with Gasteiger partial charge in [-0.25, -0.2) is 19.2 Å². The van der Waals surface area contributed by atoms with Crippen molar-refractivity contribution in [2.75, 3.05) is 26.4 Å². The molecule has 0 fully saturated rings. The number of rotatable bonds is 11. The first kappa shape index (κ1) is 33.8. The molecular formula is C36H40N2O8. The minimum atomic E-state index is -0.571. The van der Waals surface area contributed by atoms with E-state index in [1.165, 1.54) is 0 Å². The summed E-state index contributed by atoms with van der Waals surface area (Å²) < 4.78 is 24.7. The monoisotopic (exact) mass is 628 g/mol. The highest BCUT2D eigenvalue weighted by molar-refractivity contribution is 6.06. The Bertz CT molecular complexity index is 1560. The van der Waals surface area contributed by atoms with Crippen molar-refractivity contribution in [3.8, 4) is 22.5 Å². The summed E-state index contributed by atoms with van der Waals surface area (Å²) in [6.45, 7) is 14.7. The Hall–Kier alpha value is -5.12. The summed E-state index contributed by atoms with van der Waals surface area (Å²) in [7, 11) is 0. The minimum Gasteiger partial charge on any atom is -0.462 e. The van der Waals surface area contributed by atoms with Crippen LogP contribution in [0.15, 0.2) is 48.5 Å². The molecule has 0 amide bonds. The number of esters is 4. The Kier molecular flexibility index (Phi) is 10.5. The normalized spacial score (nSPS) is 10.9. The maximum absolute atomic E-state index is 12.9. The van der Waals surface area contributed by atoms with Crippen LogP contribution in [0.5, 0.6) is 0 Å². The third-order valence-corrected chi connectivity index (χ3v) is 7.79. The Morgan fingerprint density at radius 3 is 0.848 bits per heavy atom. The molecule has 242 valence electrons. The number of carbonyl (C=O) groups excluding carboxylic acids is 4. The van der Waals surface area contributed by atoms with E-state index in [-0.39, 0.29) is 48.7 Å². The van der Waals surface area contributed by atoms with Crippen molar-refractivity contribution >= 4 is 23.9 Å². The molecule has 0 spiro atoms. The van der Waals surface area contributed by atoms with Crippen LogP contribution < -0.4 is 0 Å². The zero-order chi connectivity index (χ0) is 33.7. The first-order valence-electron chi connectivity index (χ1n) is 15.4. The Balaban J connectivity index is 1.71. The predicted molar refractivity (Wildman–Crippen MR) is 173 cm³/mol. The third kappa shape index (κ3) is 6.20. The molecule has 0 saturated heterocycles. The molecule has 0 saturated carbocycles. The van der Waals surface area contributed by atoms with Gasteiger partial charge in [-0.2, -0.15) is 0 Å². The van der Waals surface area contributed by atoms with Crippen LogP contribution in [0.1, 0.15) is 91.9 Å². The summed E-state index contributed by atoms with van der Waals surface area (Å²) in [5.41, 5.74) is 6.54. The van der Waals surface area contributed by atoms with Gasteiger partial charge in [-0.3, -0.25) is 0 Å². The highest BCUT2D eigenvalue weighted by Crippen LogP contribution is 2.32. The van der Waals surface area contributed by atoms with Gasteiger partial charge in [0, 0.05) is 34.2 Å². The Morgan fingerprint density at radius 1 is 0.435 bits per heavy atom. The highest BCUT2D eigenvalue weighted by Gasteiger charge is 2.31. The number of hydrogen-bond acceptors (Lipinski definition) is 8. The Labute approximate surface area is 268 Å². The van der Waals surface area contributed by atoms with E-state index in [0.717, 1.165) is 22.5 Å². The lowest BCUT2D eigenvalue weighted by molar-refractivity contribution is 0.0479. The standard InChI is InChI=1S/C36H40N2O8/c1-9-43-33(39)29-21(5)37(22(6)30(29)34(40)44-10-2)27-17-13-25(14-18-27)26-15-19-28(20-16-26)38-23(7)31(35(41)45-11-3)32(24(38)8)36(42)46-12-4/h13-20H,9-12H2,1-8H3. The maximum atomic E-state index is 12.9. The van der Waals surface area contributed by atoms with Crippen LogP contribution in [-0.4, -0.2) is 59.4 Å². The number of benzene rings is 2. The van der Waals surface area contributed by atoms with Gasteiger partial charge in [0.1, 0.15) is 0 Å². The van der Waals surface area contributed by atoms with Gasteiger partial charge in [0.2, 0.25) is 0 Å². The van der Waals surface area contributed by atoms with Crippen molar-refractivity contribution in [3.63, 3.8) is 0 Å².